The van der Waals surface area contributed by atoms with Crippen LogP contribution in [-0.4, -0.2) is 16.7 Å². The third-order valence-corrected chi connectivity index (χ3v) is 3.17. The van der Waals surface area contributed by atoms with Gasteiger partial charge in [0.1, 0.15) is 0 Å². The molecule has 0 atom stereocenters. The van der Waals surface area contributed by atoms with Crippen molar-refractivity contribution in [3.05, 3.63) is 47.1 Å². The van der Waals surface area contributed by atoms with E-state index in [0.29, 0.717) is 24.7 Å². The second kappa shape index (κ2) is 6.17. The van der Waals surface area contributed by atoms with Gasteiger partial charge in [-0.1, -0.05) is 29.4 Å². The summed E-state index contributed by atoms with van der Waals surface area (Å²) in [5, 5.41) is 4.03. The highest BCUT2D eigenvalue weighted by Crippen LogP contribution is 2.20. The van der Waals surface area contributed by atoms with Crippen molar-refractivity contribution in [2.24, 2.45) is 5.73 Å². The number of hydrogen-bond acceptors (Lipinski definition) is 4. The lowest BCUT2D eigenvalue weighted by atomic mass is 9.94. The Morgan fingerprint density at radius 2 is 1.95 bits per heavy atom. The van der Waals surface area contributed by atoms with Crippen molar-refractivity contribution in [2.45, 2.75) is 32.6 Å². The van der Waals surface area contributed by atoms with Gasteiger partial charge in [0.2, 0.25) is 5.89 Å². The van der Waals surface area contributed by atoms with Crippen LogP contribution >= 0.6 is 12.4 Å². The Bertz CT molecular complexity index is 537. The van der Waals surface area contributed by atoms with E-state index in [1.165, 1.54) is 11.1 Å². The van der Waals surface area contributed by atoms with E-state index in [9.17, 15) is 0 Å². The average molecular weight is 282 g/mol. The molecular formula is C14H20ClN3O. The van der Waals surface area contributed by atoms with E-state index in [4.69, 9.17) is 10.3 Å². The molecule has 0 aliphatic rings. The Kier molecular flexibility index (Phi) is 5.09. The highest BCUT2D eigenvalue weighted by Gasteiger charge is 2.25. The molecule has 0 amide bonds. The van der Waals surface area contributed by atoms with Crippen LogP contribution in [0.3, 0.4) is 0 Å². The van der Waals surface area contributed by atoms with Gasteiger partial charge in [-0.2, -0.15) is 4.98 Å². The molecule has 2 rings (SSSR count). The van der Waals surface area contributed by atoms with E-state index >= 15 is 0 Å². The maximum atomic E-state index is 5.70. The van der Waals surface area contributed by atoms with E-state index in [0.717, 1.165) is 0 Å². The highest BCUT2D eigenvalue weighted by atomic mass is 35.5. The first kappa shape index (κ1) is 15.7. The number of halogens is 1. The maximum absolute atomic E-state index is 5.70. The zero-order valence-corrected chi connectivity index (χ0v) is 12.3. The minimum Gasteiger partial charge on any atom is -0.339 e. The van der Waals surface area contributed by atoms with Gasteiger partial charge in [0.25, 0.3) is 0 Å². The number of nitrogens with two attached hydrogens (primary N) is 1. The molecule has 5 heteroatoms. The molecule has 2 N–H and O–H groups in total. The fraction of sp³-hybridized carbons (Fsp3) is 0.429. The second-order valence-corrected chi connectivity index (χ2v) is 5.21. The number of aromatic nitrogens is 2. The van der Waals surface area contributed by atoms with Gasteiger partial charge >= 0.3 is 0 Å². The smallest absolute Gasteiger partial charge is 0.233 e. The molecule has 0 unspecified atom stereocenters. The summed E-state index contributed by atoms with van der Waals surface area (Å²) in [5.41, 5.74) is 7.89. The lowest BCUT2D eigenvalue weighted by molar-refractivity contribution is 0.309. The van der Waals surface area contributed by atoms with Gasteiger partial charge in [-0.25, -0.2) is 0 Å². The van der Waals surface area contributed by atoms with E-state index in [1.54, 1.807) is 0 Å². The summed E-state index contributed by atoms with van der Waals surface area (Å²) >= 11 is 0. The van der Waals surface area contributed by atoms with Gasteiger partial charge in [-0.15, -0.1) is 12.4 Å². The van der Waals surface area contributed by atoms with Gasteiger partial charge in [-0.05, 0) is 31.9 Å². The van der Waals surface area contributed by atoms with Crippen molar-refractivity contribution in [3.63, 3.8) is 0 Å². The van der Waals surface area contributed by atoms with Crippen molar-refractivity contribution in [2.75, 3.05) is 6.54 Å². The number of benzene rings is 1. The van der Waals surface area contributed by atoms with E-state index < -0.39 is 0 Å². The van der Waals surface area contributed by atoms with Gasteiger partial charge < -0.3 is 10.3 Å². The van der Waals surface area contributed by atoms with Crippen LogP contribution in [0, 0.1) is 6.92 Å². The van der Waals surface area contributed by atoms with Crippen LogP contribution in [0.4, 0.5) is 0 Å². The number of rotatable bonds is 4. The molecule has 0 fully saturated rings. The first-order valence-electron chi connectivity index (χ1n) is 6.10. The predicted octanol–water partition coefficient (Wildman–Crippen LogP) is 2.63. The Hall–Kier alpha value is -1.39. The van der Waals surface area contributed by atoms with Gasteiger partial charge in [0.15, 0.2) is 5.82 Å². The molecule has 0 saturated heterocycles. The quantitative estimate of drug-likeness (QED) is 0.936. The molecule has 1 aromatic carbocycles. The Morgan fingerprint density at radius 3 is 2.58 bits per heavy atom. The second-order valence-electron chi connectivity index (χ2n) is 5.21. The number of aryl methyl sites for hydroxylation is 1. The highest BCUT2D eigenvalue weighted by molar-refractivity contribution is 5.85. The minimum atomic E-state index is -0.267. The van der Waals surface area contributed by atoms with Crippen LogP contribution in [0.1, 0.15) is 36.7 Å². The Balaban J connectivity index is 0.00000180. The van der Waals surface area contributed by atoms with Crippen molar-refractivity contribution in [1.82, 2.24) is 10.1 Å². The molecule has 0 saturated carbocycles. The van der Waals surface area contributed by atoms with Gasteiger partial charge in [0.05, 0.1) is 5.41 Å². The fourth-order valence-electron chi connectivity index (χ4n) is 1.67. The molecule has 0 radical (unpaired) electrons. The molecule has 4 nitrogen and oxygen atoms in total. The van der Waals surface area contributed by atoms with E-state index in [1.807, 2.05) is 26.0 Å². The molecule has 1 heterocycles. The largest absolute Gasteiger partial charge is 0.339 e. The molecule has 19 heavy (non-hydrogen) atoms. The van der Waals surface area contributed by atoms with Crippen LogP contribution in [0.15, 0.2) is 28.8 Å². The number of nitrogens with zero attached hydrogens (tertiary/aromatic N) is 2. The zero-order chi connectivity index (χ0) is 13.2. The summed E-state index contributed by atoms with van der Waals surface area (Å²) in [6.45, 7) is 6.56. The first-order valence-corrected chi connectivity index (χ1v) is 6.10. The van der Waals surface area contributed by atoms with Crippen LogP contribution < -0.4 is 5.73 Å². The minimum absolute atomic E-state index is 0. The summed E-state index contributed by atoms with van der Waals surface area (Å²) in [6.07, 6.45) is 0.691. The Labute approximate surface area is 119 Å². The predicted molar refractivity (Wildman–Crippen MR) is 77.6 cm³/mol. The van der Waals surface area contributed by atoms with Crippen molar-refractivity contribution >= 4 is 12.4 Å². The van der Waals surface area contributed by atoms with Gasteiger partial charge in [-0.3, -0.25) is 0 Å². The Morgan fingerprint density at radius 1 is 1.26 bits per heavy atom. The monoisotopic (exact) mass is 281 g/mol. The molecule has 0 aliphatic heterocycles. The summed E-state index contributed by atoms with van der Waals surface area (Å²) in [4.78, 5) is 4.43. The zero-order valence-electron chi connectivity index (χ0n) is 11.5. The fourth-order valence-corrected chi connectivity index (χ4v) is 1.67. The summed E-state index contributed by atoms with van der Waals surface area (Å²) in [5.74, 6) is 1.31. The molecule has 104 valence electrons. The molecule has 0 aliphatic carbocycles. The SMILES string of the molecule is Cc1ccccc1Cc1noc(C(C)(C)CN)n1.Cl. The molecular weight excluding hydrogens is 262 g/mol. The molecule has 0 bridgehead atoms. The van der Waals surface area contributed by atoms with Crippen LogP contribution in [0.25, 0.3) is 0 Å². The summed E-state index contributed by atoms with van der Waals surface area (Å²) in [7, 11) is 0. The topological polar surface area (TPSA) is 64.9 Å². The standard InChI is InChI=1S/C14H19N3O.ClH/c1-10-6-4-5-7-11(10)8-12-16-13(18-17-12)14(2,3)9-15;/h4-7H,8-9,15H2,1-3H3;1H. The number of hydrogen-bond donors (Lipinski definition) is 1. The van der Waals surface area contributed by atoms with Crippen molar-refractivity contribution < 1.29 is 4.52 Å². The first-order chi connectivity index (χ1) is 8.53. The van der Waals surface area contributed by atoms with E-state index in [-0.39, 0.29) is 17.8 Å². The third kappa shape index (κ3) is 3.55. The molecule has 0 spiro atoms. The lowest BCUT2D eigenvalue weighted by Crippen LogP contribution is -2.28. The normalized spacial score (nSPS) is 11.2. The summed E-state index contributed by atoms with van der Waals surface area (Å²) in [6, 6.07) is 8.21. The molecule has 2 aromatic rings. The molecule has 1 aromatic heterocycles. The van der Waals surface area contributed by atoms with E-state index in [2.05, 4.69) is 29.2 Å². The van der Waals surface area contributed by atoms with Crippen LogP contribution in [0.2, 0.25) is 0 Å². The maximum Gasteiger partial charge on any atom is 0.233 e. The third-order valence-electron chi connectivity index (χ3n) is 3.17. The van der Waals surface area contributed by atoms with Crippen LogP contribution in [0.5, 0.6) is 0 Å². The van der Waals surface area contributed by atoms with Gasteiger partial charge in [0, 0.05) is 13.0 Å². The van der Waals surface area contributed by atoms with Crippen LogP contribution in [-0.2, 0) is 11.8 Å². The van der Waals surface area contributed by atoms with Crippen molar-refractivity contribution in [3.8, 4) is 0 Å². The lowest BCUT2D eigenvalue weighted by Gasteiger charge is -2.15. The average Bonchev–Trinajstić information content (AvgIpc) is 2.81. The van der Waals surface area contributed by atoms with Crippen molar-refractivity contribution in [1.29, 1.82) is 0 Å². The summed E-state index contributed by atoms with van der Waals surface area (Å²) < 4.78 is 5.29.